The van der Waals surface area contributed by atoms with E-state index in [0.717, 1.165) is 11.1 Å². The molecule has 3 heteroatoms. The second-order valence-corrected chi connectivity index (χ2v) is 6.13. The monoisotopic (exact) mass is 281 g/mol. The summed E-state index contributed by atoms with van der Waals surface area (Å²) in [7, 11) is 0. The van der Waals surface area contributed by atoms with Crippen LogP contribution in [0.1, 0.15) is 25.5 Å². The molecule has 0 aliphatic carbocycles. The second kappa shape index (κ2) is 5.24. The fourth-order valence-corrected chi connectivity index (χ4v) is 2.75. The highest BCUT2D eigenvalue weighted by atomic mass is 16.6. The lowest BCUT2D eigenvalue weighted by molar-refractivity contribution is 0.0387. The Balaban J connectivity index is 1.97. The van der Waals surface area contributed by atoms with Crippen LogP contribution in [0.3, 0.4) is 0 Å². The Morgan fingerprint density at radius 1 is 1.05 bits per heavy atom. The number of benzene rings is 2. The van der Waals surface area contributed by atoms with Gasteiger partial charge in [-0.15, -0.1) is 0 Å². The molecule has 1 amide bonds. The molecule has 2 aromatic carbocycles. The molecule has 0 radical (unpaired) electrons. The predicted octanol–water partition coefficient (Wildman–Crippen LogP) is 4.16. The van der Waals surface area contributed by atoms with Crippen LogP contribution in [-0.4, -0.2) is 12.7 Å². The average molecular weight is 281 g/mol. The molecule has 108 valence electrons. The number of hydrogen-bond acceptors (Lipinski definition) is 2. The molecule has 0 bridgehead atoms. The molecule has 0 saturated carbocycles. The van der Waals surface area contributed by atoms with E-state index >= 15 is 0 Å². The van der Waals surface area contributed by atoms with Gasteiger partial charge in [0.15, 0.2) is 0 Å². The largest absolute Gasteiger partial charge is 0.449 e. The first-order valence-corrected chi connectivity index (χ1v) is 7.15. The summed E-state index contributed by atoms with van der Waals surface area (Å²) in [6, 6.07) is 18.5. The maximum atomic E-state index is 11.6. The summed E-state index contributed by atoms with van der Waals surface area (Å²) >= 11 is 0. The highest BCUT2D eigenvalue weighted by Crippen LogP contribution is 2.37. The molecule has 1 aliphatic rings. The molecule has 1 heterocycles. The van der Waals surface area contributed by atoms with Gasteiger partial charge in [-0.25, -0.2) is 4.79 Å². The quantitative estimate of drug-likeness (QED) is 0.897. The first-order chi connectivity index (χ1) is 10.1. The van der Waals surface area contributed by atoms with Gasteiger partial charge in [0.1, 0.15) is 6.61 Å². The number of cyclic esters (lactones) is 1. The van der Waals surface area contributed by atoms with Crippen molar-refractivity contribution in [2.45, 2.75) is 19.9 Å². The van der Waals surface area contributed by atoms with Crippen LogP contribution in [0.15, 0.2) is 54.6 Å². The van der Waals surface area contributed by atoms with Crippen LogP contribution in [0.5, 0.6) is 0 Å². The van der Waals surface area contributed by atoms with Crippen LogP contribution in [0.25, 0.3) is 11.1 Å². The normalized spacial score (nSPS) is 20.5. The predicted molar refractivity (Wildman–Crippen MR) is 82.9 cm³/mol. The number of carbonyl (C=O) groups excluding carboxylic acids is 1. The average Bonchev–Trinajstić information content (AvgIpc) is 2.51. The number of hydrogen-bond donors (Lipinski definition) is 1. The second-order valence-electron chi connectivity index (χ2n) is 6.13. The minimum absolute atomic E-state index is 0.0394. The van der Waals surface area contributed by atoms with E-state index in [1.165, 1.54) is 5.56 Å². The lowest BCUT2D eigenvalue weighted by Gasteiger charge is -2.38. The summed E-state index contributed by atoms with van der Waals surface area (Å²) in [5.41, 5.74) is 3.31. The topological polar surface area (TPSA) is 38.3 Å². The van der Waals surface area contributed by atoms with Crippen molar-refractivity contribution < 1.29 is 9.53 Å². The van der Waals surface area contributed by atoms with Gasteiger partial charge in [0.2, 0.25) is 0 Å². The molecule has 1 saturated heterocycles. The van der Waals surface area contributed by atoms with E-state index in [4.69, 9.17) is 4.74 Å². The summed E-state index contributed by atoms with van der Waals surface area (Å²) in [4.78, 5) is 11.6. The number of ether oxygens (including phenoxy) is 1. The van der Waals surface area contributed by atoms with Gasteiger partial charge in [-0.1, -0.05) is 62.4 Å². The van der Waals surface area contributed by atoms with Crippen molar-refractivity contribution >= 4 is 6.09 Å². The molecule has 1 N–H and O–H groups in total. The molecule has 0 aromatic heterocycles. The Morgan fingerprint density at radius 2 is 1.76 bits per heavy atom. The van der Waals surface area contributed by atoms with Gasteiger partial charge in [-0.2, -0.15) is 0 Å². The third-order valence-corrected chi connectivity index (χ3v) is 3.95. The van der Waals surface area contributed by atoms with Crippen molar-refractivity contribution in [3.63, 3.8) is 0 Å². The number of amides is 1. The molecule has 0 unspecified atom stereocenters. The van der Waals surface area contributed by atoms with Crippen molar-refractivity contribution in [2.24, 2.45) is 5.41 Å². The van der Waals surface area contributed by atoms with Crippen LogP contribution in [-0.2, 0) is 4.74 Å². The summed E-state index contributed by atoms with van der Waals surface area (Å²) < 4.78 is 5.11. The van der Waals surface area contributed by atoms with Gasteiger partial charge in [-0.3, -0.25) is 0 Å². The van der Waals surface area contributed by atoms with Gasteiger partial charge in [0, 0.05) is 5.41 Å². The summed E-state index contributed by atoms with van der Waals surface area (Å²) in [6.45, 7) is 4.64. The van der Waals surface area contributed by atoms with Crippen LogP contribution in [0, 0.1) is 5.41 Å². The Kier molecular flexibility index (Phi) is 3.42. The van der Waals surface area contributed by atoms with Crippen LogP contribution >= 0.6 is 0 Å². The molecule has 1 fully saturated rings. The maximum absolute atomic E-state index is 11.6. The molecule has 0 spiro atoms. The van der Waals surface area contributed by atoms with Crippen LogP contribution < -0.4 is 5.32 Å². The van der Waals surface area contributed by atoms with Crippen molar-refractivity contribution in [3.8, 4) is 11.1 Å². The molecular weight excluding hydrogens is 262 g/mol. The maximum Gasteiger partial charge on any atom is 0.407 e. The summed E-state index contributed by atoms with van der Waals surface area (Å²) in [6.07, 6.45) is -0.343. The Hall–Kier alpha value is -2.29. The zero-order valence-electron chi connectivity index (χ0n) is 12.3. The minimum Gasteiger partial charge on any atom is -0.449 e. The fourth-order valence-electron chi connectivity index (χ4n) is 2.75. The standard InChI is InChI=1S/C18H19NO2/c1-18(2)12-21-17(20)19-16(18)15-10-6-9-14(11-15)13-7-4-3-5-8-13/h3-11,16H,12H2,1-2H3,(H,19,20)/t16-/m0/s1. The number of rotatable bonds is 2. The van der Waals surface area contributed by atoms with Gasteiger partial charge >= 0.3 is 6.09 Å². The molecule has 3 rings (SSSR count). The Labute approximate surface area is 124 Å². The van der Waals surface area contributed by atoms with Crippen LogP contribution in [0.4, 0.5) is 4.79 Å². The molecule has 1 aliphatic heterocycles. The molecular formula is C18H19NO2. The third kappa shape index (κ3) is 2.77. The van der Waals surface area contributed by atoms with Crippen LogP contribution in [0.2, 0.25) is 0 Å². The van der Waals surface area contributed by atoms with Gasteiger partial charge < -0.3 is 10.1 Å². The lowest BCUT2D eigenvalue weighted by Crippen LogP contribution is -2.46. The highest BCUT2D eigenvalue weighted by Gasteiger charge is 2.37. The third-order valence-electron chi connectivity index (χ3n) is 3.95. The van der Waals surface area contributed by atoms with Gasteiger partial charge in [0.05, 0.1) is 6.04 Å². The van der Waals surface area contributed by atoms with E-state index in [1.807, 2.05) is 24.3 Å². The lowest BCUT2D eigenvalue weighted by atomic mass is 9.80. The number of nitrogens with one attached hydrogen (secondary N) is 1. The molecule has 21 heavy (non-hydrogen) atoms. The van der Waals surface area contributed by atoms with Gasteiger partial charge in [0.25, 0.3) is 0 Å². The zero-order chi connectivity index (χ0) is 14.9. The smallest absolute Gasteiger partial charge is 0.407 e. The van der Waals surface area contributed by atoms with Gasteiger partial charge in [-0.05, 0) is 22.8 Å². The molecule has 2 aromatic rings. The van der Waals surface area contributed by atoms with E-state index in [1.54, 1.807) is 0 Å². The number of carbonyl (C=O) groups is 1. The van der Waals surface area contributed by atoms with E-state index in [0.29, 0.717) is 6.61 Å². The first-order valence-electron chi connectivity index (χ1n) is 7.15. The van der Waals surface area contributed by atoms with Crippen molar-refractivity contribution in [1.29, 1.82) is 0 Å². The SMILES string of the molecule is CC1(C)COC(=O)N[C@H]1c1cccc(-c2ccccc2)c1. The fraction of sp³-hybridized carbons (Fsp3) is 0.278. The summed E-state index contributed by atoms with van der Waals surface area (Å²) in [5, 5.41) is 2.94. The number of alkyl carbamates (subject to hydrolysis) is 1. The van der Waals surface area contributed by atoms with Crippen molar-refractivity contribution in [1.82, 2.24) is 5.32 Å². The van der Waals surface area contributed by atoms with Crippen molar-refractivity contribution in [2.75, 3.05) is 6.61 Å². The first kappa shape index (κ1) is 13.7. The summed E-state index contributed by atoms with van der Waals surface area (Å²) in [5.74, 6) is 0. The van der Waals surface area contributed by atoms with Crippen molar-refractivity contribution in [3.05, 3.63) is 60.2 Å². The van der Waals surface area contributed by atoms with E-state index in [-0.39, 0.29) is 17.6 Å². The minimum atomic E-state index is -0.343. The highest BCUT2D eigenvalue weighted by molar-refractivity contribution is 5.70. The van der Waals surface area contributed by atoms with E-state index < -0.39 is 0 Å². The van der Waals surface area contributed by atoms with E-state index in [2.05, 4.69) is 49.5 Å². The molecule has 1 atom stereocenters. The Bertz CT molecular complexity index is 649. The Morgan fingerprint density at radius 3 is 2.52 bits per heavy atom. The molecule has 3 nitrogen and oxygen atoms in total. The van der Waals surface area contributed by atoms with E-state index in [9.17, 15) is 4.79 Å². The zero-order valence-corrected chi connectivity index (χ0v) is 12.3.